The van der Waals surface area contributed by atoms with Crippen LogP contribution in [0, 0.1) is 12.8 Å². The Morgan fingerprint density at radius 3 is 2.81 bits per heavy atom. The lowest BCUT2D eigenvalue weighted by atomic mass is 10.0. The minimum absolute atomic E-state index is 0.173. The van der Waals surface area contributed by atoms with Crippen LogP contribution in [0.1, 0.15) is 31.7 Å². The first-order chi connectivity index (χ1) is 10.0. The molecule has 21 heavy (non-hydrogen) atoms. The van der Waals surface area contributed by atoms with Crippen molar-refractivity contribution in [2.75, 3.05) is 26.7 Å². The van der Waals surface area contributed by atoms with Crippen LogP contribution in [0.25, 0.3) is 0 Å². The predicted molar refractivity (Wildman–Crippen MR) is 86.4 cm³/mol. The summed E-state index contributed by atoms with van der Waals surface area (Å²) in [6.45, 7) is 5.99. The van der Waals surface area contributed by atoms with E-state index >= 15 is 0 Å². The number of ether oxygens (including phenoxy) is 1. The summed E-state index contributed by atoms with van der Waals surface area (Å²) in [5.74, 6) is 1.54. The molecule has 1 atom stereocenters. The highest BCUT2D eigenvalue weighted by atomic mass is 16.5. The zero-order valence-electron chi connectivity index (χ0n) is 13.5. The van der Waals surface area contributed by atoms with Gasteiger partial charge < -0.3 is 15.4 Å². The zero-order chi connectivity index (χ0) is 15.7. The average molecular weight is 292 g/mol. The Labute approximate surface area is 128 Å². The van der Waals surface area contributed by atoms with Crippen LogP contribution in [-0.4, -0.2) is 37.6 Å². The van der Waals surface area contributed by atoms with Crippen molar-refractivity contribution in [1.82, 2.24) is 4.90 Å². The fourth-order valence-corrected chi connectivity index (χ4v) is 2.12. The van der Waals surface area contributed by atoms with E-state index < -0.39 is 0 Å². The topological polar surface area (TPSA) is 55.6 Å². The van der Waals surface area contributed by atoms with Gasteiger partial charge in [0.1, 0.15) is 12.4 Å². The van der Waals surface area contributed by atoms with Gasteiger partial charge in [-0.25, -0.2) is 0 Å². The normalized spacial score (nSPS) is 12.0. The number of amides is 1. The van der Waals surface area contributed by atoms with Crippen LogP contribution in [-0.2, 0) is 4.79 Å². The molecule has 0 aliphatic heterocycles. The molecular formula is C17H28N2O2. The van der Waals surface area contributed by atoms with Crippen molar-refractivity contribution in [3.63, 3.8) is 0 Å². The Kier molecular flexibility index (Phi) is 7.83. The monoisotopic (exact) mass is 292 g/mol. The van der Waals surface area contributed by atoms with Gasteiger partial charge in [-0.15, -0.1) is 0 Å². The first kappa shape index (κ1) is 17.5. The van der Waals surface area contributed by atoms with E-state index in [2.05, 4.69) is 6.92 Å². The lowest BCUT2D eigenvalue weighted by Gasteiger charge is -2.18. The fourth-order valence-electron chi connectivity index (χ4n) is 2.12. The molecule has 0 aliphatic carbocycles. The molecule has 118 valence electrons. The lowest BCUT2D eigenvalue weighted by Crippen LogP contribution is -2.31. The van der Waals surface area contributed by atoms with Crippen LogP contribution in [0.3, 0.4) is 0 Å². The Morgan fingerprint density at radius 2 is 2.14 bits per heavy atom. The Morgan fingerprint density at radius 1 is 1.38 bits per heavy atom. The van der Waals surface area contributed by atoms with E-state index in [4.69, 9.17) is 10.5 Å². The molecule has 0 aromatic heterocycles. The third-order valence-corrected chi connectivity index (χ3v) is 3.62. The molecule has 4 heteroatoms. The Bertz CT molecular complexity index is 435. The van der Waals surface area contributed by atoms with Crippen LogP contribution in [0.15, 0.2) is 24.3 Å². The number of likely N-dealkylation sites (N-methyl/N-ethyl adjacent to an activating group) is 1. The lowest BCUT2D eigenvalue weighted by molar-refractivity contribution is -0.130. The average Bonchev–Trinajstić information content (AvgIpc) is 2.45. The third-order valence-electron chi connectivity index (χ3n) is 3.62. The molecule has 1 rings (SSSR count). The molecule has 0 radical (unpaired) electrons. The van der Waals surface area contributed by atoms with E-state index in [1.807, 2.05) is 38.2 Å². The number of rotatable bonds is 9. The predicted octanol–water partition coefficient (Wildman–Crippen LogP) is 2.60. The maximum absolute atomic E-state index is 12.0. The molecule has 1 aromatic rings. The SMILES string of the molecule is Cc1cccc(OCCN(C)C(=O)CCC(C)CCN)c1. The third kappa shape index (κ3) is 7.14. The van der Waals surface area contributed by atoms with E-state index in [0.717, 1.165) is 18.6 Å². The molecule has 0 heterocycles. The number of benzene rings is 1. The van der Waals surface area contributed by atoms with Gasteiger partial charge in [0.05, 0.1) is 6.54 Å². The van der Waals surface area contributed by atoms with Gasteiger partial charge in [0.25, 0.3) is 0 Å². The minimum atomic E-state index is 0.173. The summed E-state index contributed by atoms with van der Waals surface area (Å²) in [6, 6.07) is 7.93. The van der Waals surface area contributed by atoms with Gasteiger partial charge in [-0.1, -0.05) is 19.1 Å². The van der Waals surface area contributed by atoms with Crippen LogP contribution in [0.2, 0.25) is 0 Å². The number of hydrogen-bond acceptors (Lipinski definition) is 3. The van der Waals surface area contributed by atoms with Gasteiger partial charge in [-0.2, -0.15) is 0 Å². The maximum Gasteiger partial charge on any atom is 0.222 e. The molecule has 1 amide bonds. The van der Waals surface area contributed by atoms with Gasteiger partial charge >= 0.3 is 0 Å². The summed E-state index contributed by atoms with van der Waals surface area (Å²) in [5.41, 5.74) is 6.69. The second kappa shape index (κ2) is 9.40. The highest BCUT2D eigenvalue weighted by Crippen LogP contribution is 2.13. The summed E-state index contributed by atoms with van der Waals surface area (Å²) in [6.07, 6.45) is 2.47. The fraction of sp³-hybridized carbons (Fsp3) is 0.588. The molecule has 0 fully saturated rings. The molecule has 1 unspecified atom stereocenters. The smallest absolute Gasteiger partial charge is 0.222 e. The number of nitrogens with zero attached hydrogens (tertiary/aromatic N) is 1. The minimum Gasteiger partial charge on any atom is -0.492 e. The van der Waals surface area contributed by atoms with Crippen molar-refractivity contribution < 1.29 is 9.53 Å². The van der Waals surface area contributed by atoms with E-state index in [0.29, 0.717) is 32.0 Å². The van der Waals surface area contributed by atoms with Crippen molar-refractivity contribution in [3.8, 4) is 5.75 Å². The molecule has 0 aliphatic rings. The zero-order valence-corrected chi connectivity index (χ0v) is 13.5. The standard InChI is InChI=1S/C17H28N2O2/c1-14(9-10-18)7-8-17(20)19(3)11-12-21-16-6-4-5-15(2)13-16/h4-6,13-14H,7-12,18H2,1-3H3. The van der Waals surface area contributed by atoms with E-state index in [1.165, 1.54) is 5.56 Å². The highest BCUT2D eigenvalue weighted by Gasteiger charge is 2.10. The molecular weight excluding hydrogens is 264 g/mol. The van der Waals surface area contributed by atoms with Crippen molar-refractivity contribution in [2.45, 2.75) is 33.1 Å². The molecule has 0 bridgehead atoms. The molecule has 1 aromatic carbocycles. The van der Waals surface area contributed by atoms with Crippen molar-refractivity contribution in [3.05, 3.63) is 29.8 Å². The van der Waals surface area contributed by atoms with E-state index in [1.54, 1.807) is 4.90 Å². The number of nitrogens with two attached hydrogens (primary N) is 1. The summed E-state index contributed by atoms with van der Waals surface area (Å²) in [7, 11) is 1.83. The highest BCUT2D eigenvalue weighted by molar-refractivity contribution is 5.75. The molecule has 4 nitrogen and oxygen atoms in total. The molecule has 0 spiro atoms. The summed E-state index contributed by atoms with van der Waals surface area (Å²) < 4.78 is 5.66. The van der Waals surface area contributed by atoms with Gasteiger partial charge in [0, 0.05) is 13.5 Å². The largest absolute Gasteiger partial charge is 0.492 e. The van der Waals surface area contributed by atoms with Gasteiger partial charge in [0.15, 0.2) is 0 Å². The van der Waals surface area contributed by atoms with Gasteiger partial charge in [0.2, 0.25) is 5.91 Å². The molecule has 0 saturated heterocycles. The van der Waals surface area contributed by atoms with Crippen LogP contribution in [0.5, 0.6) is 5.75 Å². The summed E-state index contributed by atoms with van der Waals surface area (Å²) >= 11 is 0. The number of carbonyl (C=O) groups is 1. The second-order valence-corrected chi connectivity index (χ2v) is 5.70. The van der Waals surface area contributed by atoms with Crippen LogP contribution in [0.4, 0.5) is 0 Å². The summed E-state index contributed by atoms with van der Waals surface area (Å²) in [5, 5.41) is 0. The maximum atomic E-state index is 12.0. The van der Waals surface area contributed by atoms with E-state index in [-0.39, 0.29) is 5.91 Å². The quantitative estimate of drug-likeness (QED) is 0.761. The van der Waals surface area contributed by atoms with Gasteiger partial charge in [-0.3, -0.25) is 4.79 Å². The summed E-state index contributed by atoms with van der Waals surface area (Å²) in [4.78, 5) is 13.7. The Balaban J connectivity index is 2.23. The van der Waals surface area contributed by atoms with Gasteiger partial charge in [-0.05, 0) is 49.9 Å². The van der Waals surface area contributed by atoms with Crippen LogP contribution < -0.4 is 10.5 Å². The van der Waals surface area contributed by atoms with Crippen molar-refractivity contribution >= 4 is 5.91 Å². The molecule has 0 saturated carbocycles. The van der Waals surface area contributed by atoms with E-state index in [9.17, 15) is 4.79 Å². The first-order valence-electron chi connectivity index (χ1n) is 7.66. The van der Waals surface area contributed by atoms with Crippen molar-refractivity contribution in [2.24, 2.45) is 11.7 Å². The second-order valence-electron chi connectivity index (χ2n) is 5.70. The first-order valence-corrected chi connectivity index (χ1v) is 7.66. The number of carbonyl (C=O) groups excluding carboxylic acids is 1. The van der Waals surface area contributed by atoms with Crippen molar-refractivity contribution in [1.29, 1.82) is 0 Å². The Hall–Kier alpha value is -1.55. The number of hydrogen-bond donors (Lipinski definition) is 1. The van der Waals surface area contributed by atoms with Crippen LogP contribution >= 0.6 is 0 Å². The molecule has 2 N–H and O–H groups in total. The number of aryl methyl sites for hydroxylation is 1.